The summed E-state index contributed by atoms with van der Waals surface area (Å²) in [6.07, 6.45) is 0.642. The Hall–Kier alpha value is -3.13. The maximum Gasteiger partial charge on any atom is 0.387 e. The van der Waals surface area contributed by atoms with Crippen LogP contribution in [-0.2, 0) is 20.0 Å². The number of aromatic nitrogens is 2. The molecule has 2 aromatic carbocycles. The number of benzene rings is 2. The van der Waals surface area contributed by atoms with E-state index in [0.717, 1.165) is 5.56 Å². The second-order valence-corrected chi connectivity index (χ2v) is 6.74. The third-order valence-corrected chi connectivity index (χ3v) is 4.66. The van der Waals surface area contributed by atoms with Gasteiger partial charge in [-0.05, 0) is 48.4 Å². The number of nitrogens with one attached hydrogen (secondary N) is 1. The first-order valence-electron chi connectivity index (χ1n) is 9.18. The predicted molar refractivity (Wildman–Crippen MR) is 108 cm³/mol. The SMILES string of the molecule is CCc1nn(C)c(C(=O)NCc2ccc(Oc3ccc(OC(F)F)cc3)cc2)c1Cl. The lowest BCUT2D eigenvalue weighted by Crippen LogP contribution is -2.25. The summed E-state index contributed by atoms with van der Waals surface area (Å²) >= 11 is 6.23. The highest BCUT2D eigenvalue weighted by Gasteiger charge is 2.19. The van der Waals surface area contributed by atoms with E-state index >= 15 is 0 Å². The zero-order valence-corrected chi connectivity index (χ0v) is 17.1. The van der Waals surface area contributed by atoms with Crippen LogP contribution in [-0.4, -0.2) is 22.3 Å². The van der Waals surface area contributed by atoms with Crippen LogP contribution >= 0.6 is 11.6 Å². The maximum atomic E-state index is 12.5. The Balaban J connectivity index is 1.57. The lowest BCUT2D eigenvalue weighted by molar-refractivity contribution is -0.0498. The number of aryl methyl sites for hydroxylation is 2. The molecule has 0 saturated carbocycles. The third kappa shape index (κ3) is 5.27. The Labute approximate surface area is 177 Å². The van der Waals surface area contributed by atoms with Crippen LogP contribution in [0.1, 0.15) is 28.7 Å². The molecular formula is C21H20ClF2N3O3. The van der Waals surface area contributed by atoms with Crippen LogP contribution in [0.2, 0.25) is 5.02 Å². The molecule has 30 heavy (non-hydrogen) atoms. The van der Waals surface area contributed by atoms with E-state index in [9.17, 15) is 13.6 Å². The van der Waals surface area contributed by atoms with Crippen LogP contribution in [0.4, 0.5) is 8.78 Å². The lowest BCUT2D eigenvalue weighted by Gasteiger charge is -2.09. The predicted octanol–water partition coefficient (Wildman–Crippen LogP) is 4.96. The number of ether oxygens (including phenoxy) is 2. The summed E-state index contributed by atoms with van der Waals surface area (Å²) in [6.45, 7) is -0.639. The van der Waals surface area contributed by atoms with Gasteiger partial charge in [0.05, 0.1) is 10.7 Å². The molecule has 0 aliphatic carbocycles. The molecule has 3 rings (SSSR count). The van der Waals surface area contributed by atoms with Gasteiger partial charge in [0.15, 0.2) is 0 Å². The zero-order valence-electron chi connectivity index (χ0n) is 16.4. The number of rotatable bonds is 8. The van der Waals surface area contributed by atoms with Gasteiger partial charge in [-0.1, -0.05) is 30.7 Å². The van der Waals surface area contributed by atoms with Gasteiger partial charge < -0.3 is 14.8 Å². The summed E-state index contributed by atoms with van der Waals surface area (Å²) in [7, 11) is 1.68. The van der Waals surface area contributed by atoms with Gasteiger partial charge in [0.25, 0.3) is 5.91 Å². The molecule has 1 amide bonds. The van der Waals surface area contributed by atoms with Crippen molar-refractivity contribution >= 4 is 17.5 Å². The molecule has 0 spiro atoms. The number of halogens is 3. The Morgan fingerprint density at radius 2 is 1.67 bits per heavy atom. The molecule has 1 aromatic heterocycles. The molecule has 0 fully saturated rings. The average Bonchev–Trinajstić information content (AvgIpc) is 3.01. The number of alkyl halides is 2. The van der Waals surface area contributed by atoms with Gasteiger partial charge >= 0.3 is 6.61 Å². The summed E-state index contributed by atoms with van der Waals surface area (Å²) < 4.78 is 35.8. The van der Waals surface area contributed by atoms with Gasteiger partial charge in [0, 0.05) is 13.6 Å². The number of hydrogen-bond acceptors (Lipinski definition) is 4. The molecular weight excluding hydrogens is 416 g/mol. The number of amides is 1. The van der Waals surface area contributed by atoms with Gasteiger partial charge in [-0.15, -0.1) is 0 Å². The fraction of sp³-hybridized carbons (Fsp3) is 0.238. The van der Waals surface area contributed by atoms with E-state index in [1.54, 1.807) is 19.2 Å². The molecule has 1 heterocycles. The summed E-state index contributed by atoms with van der Waals surface area (Å²) in [4.78, 5) is 12.5. The maximum absolute atomic E-state index is 12.5. The van der Waals surface area contributed by atoms with Crippen molar-refractivity contribution in [2.24, 2.45) is 7.05 Å². The van der Waals surface area contributed by atoms with Gasteiger partial charge in [-0.3, -0.25) is 9.48 Å². The molecule has 0 radical (unpaired) electrons. The van der Waals surface area contributed by atoms with E-state index in [1.807, 2.05) is 19.1 Å². The summed E-state index contributed by atoms with van der Waals surface area (Å²) in [5, 5.41) is 7.43. The van der Waals surface area contributed by atoms with Crippen LogP contribution in [0, 0.1) is 0 Å². The highest BCUT2D eigenvalue weighted by Crippen LogP contribution is 2.25. The fourth-order valence-electron chi connectivity index (χ4n) is 2.79. The van der Waals surface area contributed by atoms with Crippen molar-refractivity contribution in [1.82, 2.24) is 15.1 Å². The quantitative estimate of drug-likeness (QED) is 0.543. The average molecular weight is 436 g/mol. The van der Waals surface area contributed by atoms with Gasteiger partial charge in [-0.2, -0.15) is 13.9 Å². The molecule has 9 heteroatoms. The number of hydrogen-bond donors (Lipinski definition) is 1. The highest BCUT2D eigenvalue weighted by atomic mass is 35.5. The Morgan fingerprint density at radius 1 is 1.10 bits per heavy atom. The first-order valence-corrected chi connectivity index (χ1v) is 9.56. The summed E-state index contributed by atoms with van der Waals surface area (Å²) in [6, 6.07) is 13.0. The summed E-state index contributed by atoms with van der Waals surface area (Å²) in [5.74, 6) is 0.800. The van der Waals surface area contributed by atoms with Crippen molar-refractivity contribution in [2.45, 2.75) is 26.5 Å². The standard InChI is InChI=1S/C21H20ClF2N3O3/c1-3-17-18(22)19(27(2)26-17)20(28)25-12-13-4-6-14(7-5-13)29-15-8-10-16(11-9-15)30-21(23)24/h4-11,21H,3,12H2,1-2H3,(H,25,28). The molecule has 6 nitrogen and oxygen atoms in total. The molecule has 0 aliphatic rings. The van der Waals surface area contributed by atoms with Crippen molar-refractivity contribution in [3.8, 4) is 17.2 Å². The number of carbonyl (C=O) groups is 1. The highest BCUT2D eigenvalue weighted by molar-refractivity contribution is 6.34. The third-order valence-electron chi connectivity index (χ3n) is 4.27. The van der Waals surface area contributed by atoms with Crippen molar-refractivity contribution in [1.29, 1.82) is 0 Å². The van der Waals surface area contributed by atoms with Crippen molar-refractivity contribution in [3.63, 3.8) is 0 Å². The molecule has 0 unspecified atom stereocenters. The monoisotopic (exact) mass is 435 g/mol. The molecule has 0 atom stereocenters. The van der Waals surface area contributed by atoms with Crippen LogP contribution in [0.5, 0.6) is 17.2 Å². The minimum Gasteiger partial charge on any atom is -0.457 e. The molecule has 0 saturated heterocycles. The molecule has 0 bridgehead atoms. The van der Waals surface area contributed by atoms with E-state index < -0.39 is 6.61 Å². The molecule has 1 N–H and O–H groups in total. The Bertz CT molecular complexity index is 1010. The first kappa shape index (κ1) is 21.6. The minimum atomic E-state index is -2.87. The normalized spacial score (nSPS) is 10.9. The Kier molecular flexibility index (Phi) is 6.89. The largest absolute Gasteiger partial charge is 0.457 e. The van der Waals surface area contributed by atoms with E-state index in [1.165, 1.54) is 28.9 Å². The van der Waals surface area contributed by atoms with Crippen LogP contribution in [0.3, 0.4) is 0 Å². The second kappa shape index (κ2) is 9.58. The van der Waals surface area contributed by atoms with Gasteiger partial charge in [-0.25, -0.2) is 0 Å². The van der Waals surface area contributed by atoms with Gasteiger partial charge in [0.1, 0.15) is 22.9 Å². The topological polar surface area (TPSA) is 65.4 Å². The zero-order chi connectivity index (χ0) is 21.7. The fourth-order valence-corrected chi connectivity index (χ4v) is 3.17. The minimum absolute atomic E-state index is 0.0584. The summed E-state index contributed by atoms with van der Waals surface area (Å²) in [5.41, 5.74) is 1.87. The number of nitrogens with zero attached hydrogens (tertiary/aromatic N) is 2. The van der Waals surface area contributed by atoms with Crippen LogP contribution in [0.15, 0.2) is 48.5 Å². The smallest absolute Gasteiger partial charge is 0.387 e. The molecule has 3 aromatic rings. The van der Waals surface area contributed by atoms with Crippen LogP contribution in [0.25, 0.3) is 0 Å². The first-order chi connectivity index (χ1) is 14.4. The van der Waals surface area contributed by atoms with E-state index in [0.29, 0.717) is 40.9 Å². The number of carbonyl (C=O) groups excluding carboxylic acids is 1. The second-order valence-electron chi connectivity index (χ2n) is 6.37. The Morgan fingerprint density at radius 3 is 2.20 bits per heavy atom. The molecule has 0 aliphatic heterocycles. The van der Waals surface area contributed by atoms with E-state index in [4.69, 9.17) is 16.3 Å². The van der Waals surface area contributed by atoms with Gasteiger partial charge in [0.2, 0.25) is 0 Å². The van der Waals surface area contributed by atoms with Crippen molar-refractivity contribution < 1.29 is 23.0 Å². The molecule has 158 valence electrons. The lowest BCUT2D eigenvalue weighted by atomic mass is 10.2. The van der Waals surface area contributed by atoms with Crippen LogP contribution < -0.4 is 14.8 Å². The van der Waals surface area contributed by atoms with E-state index in [-0.39, 0.29) is 11.7 Å². The van der Waals surface area contributed by atoms with Crippen molar-refractivity contribution in [3.05, 3.63) is 70.5 Å². The van der Waals surface area contributed by atoms with Crippen molar-refractivity contribution in [2.75, 3.05) is 0 Å². The van der Waals surface area contributed by atoms with E-state index in [2.05, 4.69) is 15.2 Å².